The third-order valence-corrected chi connectivity index (χ3v) is 3.66. The van der Waals surface area contributed by atoms with Gasteiger partial charge in [0.05, 0.1) is 18.9 Å². The zero-order valence-corrected chi connectivity index (χ0v) is 16.3. The predicted molar refractivity (Wildman–Crippen MR) is 101 cm³/mol. The SMILES string of the molecule is C=C[C@H](c1ccc(OCC(C)C)cc1)[C@H](CC(=O)OC(C)(C)C)C(=O)O. The summed E-state index contributed by atoms with van der Waals surface area (Å²) in [6, 6.07) is 7.24. The summed E-state index contributed by atoms with van der Waals surface area (Å²) in [5, 5.41) is 9.60. The standard InChI is InChI=1S/C21H30O5/c1-7-17(15-8-10-16(11-9-15)25-13-14(2)3)18(20(23)24)12-19(22)26-21(4,5)6/h7-11,14,17-18H,1,12-13H2,2-6H3,(H,23,24)/t17-,18+/m1/s1. The van der Waals surface area contributed by atoms with Crippen LogP contribution in [0.1, 0.15) is 52.5 Å². The van der Waals surface area contributed by atoms with E-state index < -0.39 is 29.4 Å². The summed E-state index contributed by atoms with van der Waals surface area (Å²) in [4.78, 5) is 23.8. The van der Waals surface area contributed by atoms with E-state index in [0.29, 0.717) is 12.5 Å². The molecule has 0 radical (unpaired) electrons. The highest BCUT2D eigenvalue weighted by molar-refractivity contribution is 5.80. The highest BCUT2D eigenvalue weighted by Crippen LogP contribution is 2.31. The second-order valence-corrected chi connectivity index (χ2v) is 7.77. The lowest BCUT2D eigenvalue weighted by molar-refractivity contribution is -0.160. The first-order chi connectivity index (χ1) is 12.0. The molecule has 0 aliphatic carbocycles. The van der Waals surface area contributed by atoms with E-state index in [-0.39, 0.29) is 6.42 Å². The Hall–Kier alpha value is -2.30. The molecule has 0 saturated carbocycles. The lowest BCUT2D eigenvalue weighted by Crippen LogP contribution is -2.29. The molecule has 0 bridgehead atoms. The minimum Gasteiger partial charge on any atom is -0.493 e. The maximum absolute atomic E-state index is 12.1. The fourth-order valence-corrected chi connectivity index (χ4v) is 2.51. The van der Waals surface area contributed by atoms with E-state index in [1.54, 1.807) is 39.0 Å². The normalized spacial score (nSPS) is 13.8. The summed E-state index contributed by atoms with van der Waals surface area (Å²) in [5.74, 6) is -1.89. The lowest BCUT2D eigenvalue weighted by atomic mass is 9.84. The molecule has 5 heteroatoms. The summed E-state index contributed by atoms with van der Waals surface area (Å²) >= 11 is 0. The van der Waals surface area contributed by atoms with E-state index in [0.717, 1.165) is 11.3 Å². The van der Waals surface area contributed by atoms with Crippen molar-refractivity contribution in [2.24, 2.45) is 11.8 Å². The number of rotatable bonds is 9. The second kappa shape index (κ2) is 9.41. The minimum absolute atomic E-state index is 0.213. The molecule has 1 aromatic carbocycles. The van der Waals surface area contributed by atoms with Gasteiger partial charge < -0.3 is 14.6 Å². The van der Waals surface area contributed by atoms with Crippen LogP contribution in [0.3, 0.4) is 0 Å². The van der Waals surface area contributed by atoms with Gasteiger partial charge in [-0.1, -0.05) is 32.1 Å². The van der Waals surface area contributed by atoms with E-state index in [1.807, 2.05) is 12.1 Å². The molecule has 0 amide bonds. The predicted octanol–water partition coefficient (Wildman–Crippen LogP) is 4.42. The topological polar surface area (TPSA) is 72.8 Å². The lowest BCUT2D eigenvalue weighted by Gasteiger charge is -2.24. The molecule has 0 heterocycles. The highest BCUT2D eigenvalue weighted by Gasteiger charge is 2.31. The summed E-state index contributed by atoms with van der Waals surface area (Å²) in [5.41, 5.74) is 0.118. The molecule has 0 fully saturated rings. The van der Waals surface area contributed by atoms with E-state index >= 15 is 0 Å². The van der Waals surface area contributed by atoms with Gasteiger partial charge in [-0.25, -0.2) is 0 Å². The van der Waals surface area contributed by atoms with Gasteiger partial charge in [-0.05, 0) is 44.4 Å². The Bertz CT molecular complexity index is 610. The number of carboxylic acids is 1. The first-order valence-corrected chi connectivity index (χ1v) is 8.83. The van der Waals surface area contributed by atoms with Gasteiger partial charge in [0.15, 0.2) is 0 Å². The van der Waals surface area contributed by atoms with Crippen LogP contribution in [-0.4, -0.2) is 29.3 Å². The number of carbonyl (C=O) groups excluding carboxylic acids is 1. The van der Waals surface area contributed by atoms with Crippen molar-refractivity contribution in [3.8, 4) is 5.75 Å². The molecule has 0 aliphatic heterocycles. The van der Waals surface area contributed by atoms with Crippen LogP contribution in [0.4, 0.5) is 0 Å². The molecule has 1 aromatic rings. The smallest absolute Gasteiger partial charge is 0.308 e. The highest BCUT2D eigenvalue weighted by atomic mass is 16.6. The number of hydrogen-bond donors (Lipinski definition) is 1. The number of ether oxygens (including phenoxy) is 2. The van der Waals surface area contributed by atoms with Crippen molar-refractivity contribution < 1.29 is 24.2 Å². The number of carboxylic acid groups (broad SMARTS) is 1. The number of aliphatic carboxylic acids is 1. The molecule has 0 aromatic heterocycles. The number of benzene rings is 1. The number of esters is 1. The largest absolute Gasteiger partial charge is 0.493 e. The second-order valence-electron chi connectivity index (χ2n) is 7.77. The van der Waals surface area contributed by atoms with Crippen LogP contribution in [0, 0.1) is 11.8 Å². The molecule has 26 heavy (non-hydrogen) atoms. The Morgan fingerprint density at radius 1 is 1.19 bits per heavy atom. The molecule has 1 rings (SSSR count). The van der Waals surface area contributed by atoms with Gasteiger partial charge in [0, 0.05) is 5.92 Å². The van der Waals surface area contributed by atoms with Crippen LogP contribution < -0.4 is 4.74 Å². The van der Waals surface area contributed by atoms with Crippen molar-refractivity contribution in [3.63, 3.8) is 0 Å². The molecule has 0 aliphatic rings. The van der Waals surface area contributed by atoms with Crippen molar-refractivity contribution in [2.45, 2.75) is 52.6 Å². The van der Waals surface area contributed by atoms with E-state index in [4.69, 9.17) is 9.47 Å². The quantitative estimate of drug-likeness (QED) is 0.520. The van der Waals surface area contributed by atoms with Gasteiger partial charge >= 0.3 is 11.9 Å². The first kappa shape index (κ1) is 21.7. The number of carbonyl (C=O) groups is 2. The van der Waals surface area contributed by atoms with Crippen molar-refractivity contribution in [2.75, 3.05) is 6.61 Å². The number of hydrogen-bond acceptors (Lipinski definition) is 4. The molecule has 1 N–H and O–H groups in total. The van der Waals surface area contributed by atoms with Gasteiger partial charge in [-0.3, -0.25) is 9.59 Å². The van der Waals surface area contributed by atoms with Crippen LogP contribution in [0.2, 0.25) is 0 Å². The first-order valence-electron chi connectivity index (χ1n) is 8.83. The molecule has 5 nitrogen and oxygen atoms in total. The third-order valence-electron chi connectivity index (χ3n) is 3.66. The zero-order chi connectivity index (χ0) is 19.9. The van der Waals surface area contributed by atoms with E-state index in [1.165, 1.54) is 0 Å². The molecule has 2 atom stereocenters. The van der Waals surface area contributed by atoms with Gasteiger partial charge in [-0.2, -0.15) is 0 Å². The van der Waals surface area contributed by atoms with Gasteiger partial charge in [0.1, 0.15) is 11.4 Å². The summed E-state index contributed by atoms with van der Waals surface area (Å²) in [7, 11) is 0. The van der Waals surface area contributed by atoms with Gasteiger partial charge in [0.25, 0.3) is 0 Å². The van der Waals surface area contributed by atoms with E-state index in [2.05, 4.69) is 20.4 Å². The maximum Gasteiger partial charge on any atom is 0.308 e. The molecular weight excluding hydrogens is 332 g/mol. The minimum atomic E-state index is -1.05. The van der Waals surface area contributed by atoms with Gasteiger partial charge in [-0.15, -0.1) is 6.58 Å². The molecule has 144 valence electrons. The Labute approximate surface area is 156 Å². The van der Waals surface area contributed by atoms with Crippen LogP contribution in [0.5, 0.6) is 5.75 Å². The average molecular weight is 362 g/mol. The van der Waals surface area contributed by atoms with Crippen LogP contribution >= 0.6 is 0 Å². The monoisotopic (exact) mass is 362 g/mol. The fourth-order valence-electron chi connectivity index (χ4n) is 2.51. The maximum atomic E-state index is 12.1. The van der Waals surface area contributed by atoms with Crippen molar-refractivity contribution in [3.05, 3.63) is 42.5 Å². The Kier molecular flexibility index (Phi) is 7.87. The average Bonchev–Trinajstić information content (AvgIpc) is 2.51. The molecule has 0 saturated heterocycles. The summed E-state index contributed by atoms with van der Waals surface area (Å²) < 4.78 is 10.9. The summed E-state index contributed by atoms with van der Waals surface area (Å²) in [6.07, 6.45) is 1.35. The zero-order valence-electron chi connectivity index (χ0n) is 16.3. The van der Waals surface area contributed by atoms with Crippen molar-refractivity contribution >= 4 is 11.9 Å². The molecular formula is C21H30O5. The van der Waals surface area contributed by atoms with Gasteiger partial charge in [0.2, 0.25) is 0 Å². The van der Waals surface area contributed by atoms with Crippen LogP contribution in [-0.2, 0) is 14.3 Å². The molecule has 0 unspecified atom stereocenters. The van der Waals surface area contributed by atoms with E-state index in [9.17, 15) is 14.7 Å². The van der Waals surface area contributed by atoms with Crippen LogP contribution in [0.25, 0.3) is 0 Å². The Balaban J connectivity index is 2.92. The number of allylic oxidation sites excluding steroid dienone is 1. The third kappa shape index (κ3) is 7.30. The Morgan fingerprint density at radius 3 is 2.19 bits per heavy atom. The van der Waals surface area contributed by atoms with Crippen molar-refractivity contribution in [1.82, 2.24) is 0 Å². The summed E-state index contributed by atoms with van der Waals surface area (Å²) in [6.45, 7) is 13.8. The fraction of sp³-hybridized carbons (Fsp3) is 0.524. The Morgan fingerprint density at radius 2 is 1.77 bits per heavy atom. The molecule has 0 spiro atoms. The van der Waals surface area contributed by atoms with Crippen LogP contribution in [0.15, 0.2) is 36.9 Å². The van der Waals surface area contributed by atoms with Crippen molar-refractivity contribution in [1.29, 1.82) is 0 Å².